The van der Waals surface area contributed by atoms with Crippen molar-refractivity contribution in [2.75, 3.05) is 13.4 Å². The van der Waals surface area contributed by atoms with Gasteiger partial charge in [0, 0.05) is 0 Å². The van der Waals surface area contributed by atoms with Crippen molar-refractivity contribution in [3.8, 4) is 5.75 Å². The van der Waals surface area contributed by atoms with Gasteiger partial charge in [-0.2, -0.15) is 0 Å². The number of hydrogen-bond donors (Lipinski definition) is 1. The molecule has 0 aliphatic heterocycles. The summed E-state index contributed by atoms with van der Waals surface area (Å²) < 4.78 is 10.9. The molecule has 1 fully saturated rings. The van der Waals surface area contributed by atoms with Crippen molar-refractivity contribution in [1.82, 2.24) is 0 Å². The van der Waals surface area contributed by atoms with E-state index in [1.165, 1.54) is 12.8 Å². The zero-order chi connectivity index (χ0) is 12.3. The van der Waals surface area contributed by atoms with Crippen LogP contribution >= 0.6 is 23.8 Å². The molecule has 0 unspecified atom stereocenters. The van der Waals surface area contributed by atoms with Gasteiger partial charge in [-0.25, -0.2) is 0 Å². The molecule has 2 N–H and O–H groups in total. The van der Waals surface area contributed by atoms with Crippen LogP contribution < -0.4 is 10.5 Å². The van der Waals surface area contributed by atoms with Crippen LogP contribution in [0.3, 0.4) is 0 Å². The number of hydrogen-bond acceptors (Lipinski definition) is 3. The van der Waals surface area contributed by atoms with Crippen LogP contribution in [0.4, 0.5) is 0 Å². The van der Waals surface area contributed by atoms with E-state index in [2.05, 4.69) is 0 Å². The maximum Gasteiger partial charge on any atom is 0.189 e. The molecule has 92 valence electrons. The standard InChI is InChI=1S/C12H14ClNO2S/c13-9-2-1-3-10(11(9)12(14)17)16-7-15-6-8-4-5-8/h1-3,8H,4-7H2,(H2,14,17). The molecule has 0 amide bonds. The molecule has 0 bridgehead atoms. The Morgan fingerprint density at radius 3 is 2.88 bits per heavy atom. The van der Waals surface area contributed by atoms with E-state index in [1.807, 2.05) is 0 Å². The quantitative estimate of drug-likeness (QED) is 0.491. The minimum Gasteiger partial charge on any atom is -0.467 e. The van der Waals surface area contributed by atoms with Gasteiger partial charge in [0.1, 0.15) is 10.7 Å². The number of halogens is 1. The number of benzene rings is 1. The Hall–Kier alpha value is -0.840. The molecule has 17 heavy (non-hydrogen) atoms. The molecular weight excluding hydrogens is 258 g/mol. The predicted molar refractivity (Wildman–Crippen MR) is 71.5 cm³/mol. The van der Waals surface area contributed by atoms with Gasteiger partial charge in [0.15, 0.2) is 6.79 Å². The third-order valence-corrected chi connectivity index (χ3v) is 3.09. The Labute approximate surface area is 111 Å². The van der Waals surface area contributed by atoms with Crippen LogP contribution in [-0.2, 0) is 4.74 Å². The first-order valence-electron chi connectivity index (χ1n) is 5.47. The Kier molecular flexibility index (Phi) is 4.20. The maximum absolute atomic E-state index is 6.01. The van der Waals surface area contributed by atoms with Crippen molar-refractivity contribution in [1.29, 1.82) is 0 Å². The predicted octanol–water partition coefficient (Wildman–Crippen LogP) is 2.74. The summed E-state index contributed by atoms with van der Waals surface area (Å²) in [5.74, 6) is 1.29. The molecule has 0 atom stereocenters. The van der Waals surface area contributed by atoms with Crippen LogP contribution in [0.1, 0.15) is 18.4 Å². The highest BCUT2D eigenvalue weighted by molar-refractivity contribution is 7.80. The van der Waals surface area contributed by atoms with E-state index in [-0.39, 0.29) is 11.8 Å². The van der Waals surface area contributed by atoms with Crippen molar-refractivity contribution < 1.29 is 9.47 Å². The summed E-state index contributed by atoms with van der Waals surface area (Å²) in [6.45, 7) is 0.954. The van der Waals surface area contributed by atoms with Crippen LogP contribution in [0.2, 0.25) is 5.02 Å². The monoisotopic (exact) mass is 271 g/mol. The van der Waals surface area contributed by atoms with Gasteiger partial charge >= 0.3 is 0 Å². The Bertz CT molecular complexity index is 421. The van der Waals surface area contributed by atoms with E-state index in [4.69, 9.17) is 39.0 Å². The van der Waals surface area contributed by atoms with Crippen molar-refractivity contribution >= 4 is 28.8 Å². The highest BCUT2D eigenvalue weighted by atomic mass is 35.5. The smallest absolute Gasteiger partial charge is 0.189 e. The summed E-state index contributed by atoms with van der Waals surface area (Å²) in [4.78, 5) is 0.229. The van der Waals surface area contributed by atoms with Gasteiger partial charge < -0.3 is 15.2 Å². The minimum absolute atomic E-state index is 0.201. The molecule has 0 heterocycles. The minimum atomic E-state index is 0.201. The second kappa shape index (κ2) is 5.67. The maximum atomic E-state index is 6.01. The van der Waals surface area contributed by atoms with Gasteiger partial charge in [0.2, 0.25) is 0 Å². The van der Waals surface area contributed by atoms with Crippen LogP contribution in [0.25, 0.3) is 0 Å². The highest BCUT2D eigenvalue weighted by Gasteiger charge is 2.21. The van der Waals surface area contributed by atoms with E-state index in [0.29, 0.717) is 22.3 Å². The molecule has 1 aliphatic carbocycles. The molecule has 1 saturated carbocycles. The van der Waals surface area contributed by atoms with Crippen LogP contribution in [0, 0.1) is 5.92 Å². The van der Waals surface area contributed by atoms with Gasteiger partial charge in [0.25, 0.3) is 0 Å². The van der Waals surface area contributed by atoms with Crippen molar-refractivity contribution in [3.63, 3.8) is 0 Å². The van der Waals surface area contributed by atoms with Gasteiger partial charge in [-0.05, 0) is 30.9 Å². The number of ether oxygens (including phenoxy) is 2. The van der Waals surface area contributed by atoms with Gasteiger partial charge in [-0.15, -0.1) is 0 Å². The lowest BCUT2D eigenvalue weighted by Crippen LogP contribution is -2.14. The summed E-state index contributed by atoms with van der Waals surface area (Å²) in [6.07, 6.45) is 2.52. The molecule has 2 rings (SSSR count). The number of rotatable bonds is 6. The van der Waals surface area contributed by atoms with E-state index in [1.54, 1.807) is 18.2 Å². The molecule has 0 spiro atoms. The molecule has 1 aromatic rings. The van der Waals surface area contributed by atoms with Crippen LogP contribution in [0.5, 0.6) is 5.75 Å². The summed E-state index contributed by atoms with van der Waals surface area (Å²) >= 11 is 10.9. The van der Waals surface area contributed by atoms with Crippen molar-refractivity contribution in [2.45, 2.75) is 12.8 Å². The van der Waals surface area contributed by atoms with E-state index >= 15 is 0 Å². The fourth-order valence-electron chi connectivity index (χ4n) is 1.47. The van der Waals surface area contributed by atoms with Crippen LogP contribution in [-0.4, -0.2) is 18.4 Å². The molecule has 5 heteroatoms. The lowest BCUT2D eigenvalue weighted by molar-refractivity contribution is 0.00990. The molecule has 0 saturated heterocycles. The van der Waals surface area contributed by atoms with E-state index in [0.717, 1.165) is 6.61 Å². The van der Waals surface area contributed by atoms with Gasteiger partial charge in [-0.3, -0.25) is 0 Å². The molecule has 0 radical (unpaired) electrons. The van der Waals surface area contributed by atoms with Gasteiger partial charge in [0.05, 0.1) is 17.2 Å². The fourth-order valence-corrected chi connectivity index (χ4v) is 2.00. The van der Waals surface area contributed by atoms with Crippen LogP contribution in [0.15, 0.2) is 18.2 Å². The lowest BCUT2D eigenvalue weighted by atomic mass is 10.2. The molecular formula is C12H14ClNO2S. The first kappa shape index (κ1) is 12.6. The Morgan fingerprint density at radius 1 is 1.47 bits per heavy atom. The second-order valence-corrected chi connectivity index (χ2v) is 4.90. The summed E-state index contributed by atoms with van der Waals surface area (Å²) in [7, 11) is 0. The third kappa shape index (κ3) is 3.56. The van der Waals surface area contributed by atoms with Crippen molar-refractivity contribution in [3.05, 3.63) is 28.8 Å². The highest BCUT2D eigenvalue weighted by Crippen LogP contribution is 2.29. The normalized spacial score (nSPS) is 14.6. The average molecular weight is 272 g/mol. The fraction of sp³-hybridized carbons (Fsp3) is 0.417. The molecule has 3 nitrogen and oxygen atoms in total. The largest absolute Gasteiger partial charge is 0.467 e. The first-order valence-corrected chi connectivity index (χ1v) is 6.26. The molecule has 1 aliphatic rings. The van der Waals surface area contributed by atoms with Gasteiger partial charge in [-0.1, -0.05) is 29.9 Å². The third-order valence-electron chi connectivity index (χ3n) is 2.57. The Morgan fingerprint density at radius 2 is 2.24 bits per heavy atom. The number of thiocarbonyl (C=S) groups is 1. The average Bonchev–Trinajstić information content (AvgIpc) is 3.07. The van der Waals surface area contributed by atoms with E-state index < -0.39 is 0 Å². The Balaban J connectivity index is 1.93. The lowest BCUT2D eigenvalue weighted by Gasteiger charge is -2.11. The topological polar surface area (TPSA) is 44.5 Å². The zero-order valence-electron chi connectivity index (χ0n) is 9.32. The summed E-state index contributed by atoms with van der Waals surface area (Å²) in [5, 5.41) is 0.497. The van der Waals surface area contributed by atoms with Crippen molar-refractivity contribution in [2.24, 2.45) is 11.7 Å². The first-order chi connectivity index (χ1) is 8.18. The van der Waals surface area contributed by atoms with E-state index in [9.17, 15) is 0 Å². The summed E-state index contributed by atoms with van der Waals surface area (Å²) in [5.41, 5.74) is 6.17. The zero-order valence-corrected chi connectivity index (χ0v) is 10.9. The number of nitrogens with two attached hydrogens (primary N) is 1. The second-order valence-electron chi connectivity index (χ2n) is 4.05. The molecule has 1 aromatic carbocycles. The summed E-state index contributed by atoms with van der Waals surface area (Å²) in [6, 6.07) is 5.30. The molecule has 0 aromatic heterocycles. The SMILES string of the molecule is NC(=S)c1c(Cl)cccc1OCOCC1CC1.